The largest absolute Gasteiger partial charge is 0.573 e. The molecule has 0 saturated carbocycles. The number of aromatic nitrogens is 3. The van der Waals surface area contributed by atoms with E-state index < -0.39 is 12.3 Å². The van der Waals surface area contributed by atoms with Gasteiger partial charge in [0.25, 0.3) is 0 Å². The molecule has 2 aromatic carbocycles. The minimum absolute atomic E-state index is 0.299. The number of fused-ring (bicyclic) bond motifs is 3. The van der Waals surface area contributed by atoms with Crippen LogP contribution in [0.4, 0.5) is 13.2 Å². The average Bonchev–Trinajstić information content (AvgIpc) is 2.99. The van der Waals surface area contributed by atoms with E-state index in [1.807, 2.05) is 0 Å². The molecule has 4 aromatic rings. The van der Waals surface area contributed by atoms with Crippen molar-refractivity contribution in [2.75, 3.05) is 0 Å². The van der Waals surface area contributed by atoms with E-state index >= 15 is 0 Å². The third-order valence-corrected chi connectivity index (χ3v) is 4.51. The number of amides is 1. The highest BCUT2D eigenvalue weighted by atomic mass is 19.4. The maximum Gasteiger partial charge on any atom is 0.573 e. The fraction of sp³-hybridized carbons (Fsp3) is 0.150. The van der Waals surface area contributed by atoms with E-state index in [-0.39, 0.29) is 5.75 Å². The number of imidazole rings is 1. The topological polar surface area (TPSA) is 82.5 Å². The summed E-state index contributed by atoms with van der Waals surface area (Å²) in [7, 11) is 0. The van der Waals surface area contributed by atoms with Gasteiger partial charge in [-0.1, -0.05) is 12.1 Å². The van der Waals surface area contributed by atoms with E-state index in [0.29, 0.717) is 44.9 Å². The summed E-state index contributed by atoms with van der Waals surface area (Å²) in [5.41, 5.74) is 9.13. The number of rotatable bonds is 3. The second-order valence-electron chi connectivity index (χ2n) is 6.55. The highest BCUT2D eigenvalue weighted by molar-refractivity contribution is 5.94. The molecule has 0 spiro atoms. The molecule has 0 aliphatic rings. The van der Waals surface area contributed by atoms with Gasteiger partial charge in [-0.3, -0.25) is 9.20 Å². The number of ether oxygens (including phenoxy) is 1. The lowest BCUT2D eigenvalue weighted by Gasteiger charge is -2.12. The van der Waals surface area contributed by atoms with E-state index in [9.17, 15) is 18.0 Å². The first-order valence-corrected chi connectivity index (χ1v) is 8.59. The Morgan fingerprint density at radius 1 is 1.07 bits per heavy atom. The fourth-order valence-electron chi connectivity index (χ4n) is 3.40. The Labute approximate surface area is 162 Å². The summed E-state index contributed by atoms with van der Waals surface area (Å²) in [6.45, 7) is 3.58. The van der Waals surface area contributed by atoms with Crippen molar-refractivity contribution in [1.82, 2.24) is 14.4 Å². The van der Waals surface area contributed by atoms with E-state index in [1.165, 1.54) is 18.2 Å². The normalized spacial score (nSPS) is 11.9. The number of nitrogens with zero attached hydrogens (tertiary/aromatic N) is 3. The van der Waals surface area contributed by atoms with Gasteiger partial charge in [0.1, 0.15) is 11.6 Å². The van der Waals surface area contributed by atoms with Crippen LogP contribution in [-0.4, -0.2) is 26.6 Å². The van der Waals surface area contributed by atoms with Crippen LogP contribution >= 0.6 is 0 Å². The predicted octanol–water partition coefficient (Wildman–Crippen LogP) is 4.16. The third kappa shape index (κ3) is 3.35. The molecule has 148 valence electrons. The molecule has 2 heterocycles. The Kier molecular flexibility index (Phi) is 4.18. The van der Waals surface area contributed by atoms with Crippen molar-refractivity contribution in [3.8, 4) is 17.1 Å². The number of hydrogen-bond donors (Lipinski definition) is 1. The summed E-state index contributed by atoms with van der Waals surface area (Å²) in [4.78, 5) is 20.6. The molecule has 0 radical (unpaired) electrons. The van der Waals surface area contributed by atoms with Crippen LogP contribution in [-0.2, 0) is 0 Å². The van der Waals surface area contributed by atoms with Gasteiger partial charge in [-0.15, -0.1) is 13.2 Å². The Balaban J connectivity index is 2.05. The van der Waals surface area contributed by atoms with Crippen molar-refractivity contribution in [2.45, 2.75) is 20.2 Å². The molecule has 0 saturated heterocycles. The molecule has 29 heavy (non-hydrogen) atoms. The van der Waals surface area contributed by atoms with Crippen molar-refractivity contribution in [3.63, 3.8) is 0 Å². The molecule has 0 aliphatic heterocycles. The van der Waals surface area contributed by atoms with Crippen LogP contribution in [0.5, 0.6) is 5.75 Å². The lowest BCUT2D eigenvalue weighted by Crippen LogP contribution is -2.17. The van der Waals surface area contributed by atoms with Crippen LogP contribution in [0.1, 0.15) is 21.7 Å². The molecule has 0 atom stereocenters. The standard InChI is InChI=1S/C20H15F3N4O2/c1-10-17-11(2)26-19(13-5-3-4-12(8-13)18(24)28)27(17)16-9-14(29-20(21,22)23)6-7-15(16)25-10/h3-9H,1-2H3,(H2,24,28). The van der Waals surface area contributed by atoms with Gasteiger partial charge < -0.3 is 10.5 Å². The first kappa shape index (κ1) is 18.7. The maximum atomic E-state index is 12.7. The first-order chi connectivity index (χ1) is 13.6. The molecular formula is C20H15F3N4O2. The quantitative estimate of drug-likeness (QED) is 0.560. The zero-order valence-electron chi connectivity index (χ0n) is 15.4. The summed E-state index contributed by atoms with van der Waals surface area (Å²) < 4.78 is 43.8. The monoisotopic (exact) mass is 400 g/mol. The van der Waals surface area contributed by atoms with Gasteiger partial charge in [-0.05, 0) is 38.1 Å². The molecular weight excluding hydrogens is 385 g/mol. The Bertz CT molecular complexity index is 1280. The highest BCUT2D eigenvalue weighted by Gasteiger charge is 2.31. The number of halogens is 3. The van der Waals surface area contributed by atoms with E-state index in [1.54, 1.807) is 42.5 Å². The van der Waals surface area contributed by atoms with Crippen LogP contribution in [0, 0.1) is 13.8 Å². The summed E-state index contributed by atoms with van der Waals surface area (Å²) in [5.74, 6) is -0.492. The second kappa shape index (κ2) is 6.47. The predicted molar refractivity (Wildman–Crippen MR) is 101 cm³/mol. The minimum Gasteiger partial charge on any atom is -0.406 e. The molecule has 9 heteroatoms. The van der Waals surface area contributed by atoms with Crippen molar-refractivity contribution in [2.24, 2.45) is 5.73 Å². The molecule has 4 rings (SSSR count). The third-order valence-electron chi connectivity index (χ3n) is 4.51. The molecule has 2 aromatic heterocycles. The summed E-state index contributed by atoms with van der Waals surface area (Å²) in [5, 5.41) is 0. The van der Waals surface area contributed by atoms with Crippen LogP contribution < -0.4 is 10.5 Å². The zero-order valence-corrected chi connectivity index (χ0v) is 15.4. The highest BCUT2D eigenvalue weighted by Crippen LogP contribution is 2.32. The molecule has 0 bridgehead atoms. The lowest BCUT2D eigenvalue weighted by atomic mass is 10.1. The van der Waals surface area contributed by atoms with Gasteiger partial charge in [-0.25, -0.2) is 9.97 Å². The number of carbonyl (C=O) groups excluding carboxylic acids is 1. The van der Waals surface area contributed by atoms with Gasteiger partial charge in [0.2, 0.25) is 5.91 Å². The summed E-state index contributed by atoms with van der Waals surface area (Å²) >= 11 is 0. The van der Waals surface area contributed by atoms with Crippen LogP contribution in [0.25, 0.3) is 27.9 Å². The number of alkyl halides is 3. The smallest absolute Gasteiger partial charge is 0.406 e. The molecule has 6 nitrogen and oxygen atoms in total. The lowest BCUT2D eigenvalue weighted by molar-refractivity contribution is -0.274. The maximum absolute atomic E-state index is 12.7. The number of aryl methyl sites for hydroxylation is 2. The number of hydrogen-bond acceptors (Lipinski definition) is 4. The van der Waals surface area contributed by atoms with Crippen molar-refractivity contribution in [3.05, 3.63) is 59.4 Å². The van der Waals surface area contributed by atoms with Gasteiger partial charge in [0, 0.05) is 17.2 Å². The van der Waals surface area contributed by atoms with E-state index in [0.717, 1.165) is 0 Å². The molecule has 1 amide bonds. The average molecular weight is 400 g/mol. The van der Waals surface area contributed by atoms with Gasteiger partial charge in [-0.2, -0.15) is 0 Å². The number of benzene rings is 2. The Morgan fingerprint density at radius 2 is 1.79 bits per heavy atom. The number of primary amides is 1. The fourth-order valence-corrected chi connectivity index (χ4v) is 3.40. The second-order valence-corrected chi connectivity index (χ2v) is 6.55. The summed E-state index contributed by atoms with van der Waals surface area (Å²) in [6.07, 6.45) is -4.81. The van der Waals surface area contributed by atoms with Crippen LogP contribution in [0.2, 0.25) is 0 Å². The van der Waals surface area contributed by atoms with Crippen molar-refractivity contribution >= 4 is 22.5 Å². The van der Waals surface area contributed by atoms with Gasteiger partial charge >= 0.3 is 6.36 Å². The van der Waals surface area contributed by atoms with Gasteiger partial charge in [0.05, 0.1) is 27.9 Å². The molecule has 0 fully saturated rings. The molecule has 2 N–H and O–H groups in total. The summed E-state index contributed by atoms with van der Waals surface area (Å²) in [6, 6.07) is 10.5. The van der Waals surface area contributed by atoms with Crippen molar-refractivity contribution in [1.29, 1.82) is 0 Å². The van der Waals surface area contributed by atoms with E-state index in [4.69, 9.17) is 5.73 Å². The SMILES string of the molecule is Cc1nc(-c2cccc(C(N)=O)c2)n2c1c(C)nc1ccc(OC(F)(F)F)cc12. The van der Waals surface area contributed by atoms with Crippen LogP contribution in [0.15, 0.2) is 42.5 Å². The Hall–Kier alpha value is -3.62. The first-order valence-electron chi connectivity index (χ1n) is 8.59. The molecule has 0 unspecified atom stereocenters. The molecule has 0 aliphatic carbocycles. The zero-order chi connectivity index (χ0) is 20.9. The van der Waals surface area contributed by atoms with Crippen LogP contribution in [0.3, 0.4) is 0 Å². The van der Waals surface area contributed by atoms with Gasteiger partial charge in [0.15, 0.2) is 0 Å². The number of carbonyl (C=O) groups is 1. The van der Waals surface area contributed by atoms with Crippen molar-refractivity contribution < 1.29 is 22.7 Å². The minimum atomic E-state index is -4.81. The Morgan fingerprint density at radius 3 is 2.48 bits per heavy atom. The number of nitrogens with two attached hydrogens (primary N) is 1. The van der Waals surface area contributed by atoms with E-state index in [2.05, 4.69) is 14.7 Å².